The standard InChI is InChI=1S/C11H13F2N/c12-11(13)7-10(11)9-3-1-8(2-4-9)5-6-14/h1-4,10H,5-7,14H2. The molecule has 1 aromatic carbocycles. The van der Waals surface area contributed by atoms with Crippen LogP contribution in [0.2, 0.25) is 0 Å². The molecular weight excluding hydrogens is 184 g/mol. The van der Waals surface area contributed by atoms with Crippen LogP contribution in [0.5, 0.6) is 0 Å². The zero-order valence-corrected chi connectivity index (χ0v) is 7.84. The van der Waals surface area contributed by atoms with Crippen molar-refractivity contribution in [3.63, 3.8) is 0 Å². The highest BCUT2D eigenvalue weighted by atomic mass is 19.3. The number of alkyl halides is 2. The van der Waals surface area contributed by atoms with E-state index in [1.165, 1.54) is 0 Å². The van der Waals surface area contributed by atoms with Gasteiger partial charge in [0.15, 0.2) is 0 Å². The lowest BCUT2D eigenvalue weighted by molar-refractivity contribution is 0.112. The molecule has 1 aliphatic rings. The Bertz CT molecular complexity index is 319. The number of benzene rings is 1. The van der Waals surface area contributed by atoms with Crippen molar-refractivity contribution >= 4 is 0 Å². The SMILES string of the molecule is NCCc1ccc(C2CC2(F)F)cc1. The van der Waals surface area contributed by atoms with Crippen molar-refractivity contribution < 1.29 is 8.78 Å². The fourth-order valence-corrected chi connectivity index (χ4v) is 1.66. The first-order valence-electron chi connectivity index (χ1n) is 4.80. The maximum Gasteiger partial charge on any atom is 0.255 e. The molecule has 14 heavy (non-hydrogen) atoms. The van der Waals surface area contributed by atoms with E-state index in [1.54, 1.807) is 12.1 Å². The van der Waals surface area contributed by atoms with Crippen LogP contribution in [0.15, 0.2) is 24.3 Å². The smallest absolute Gasteiger partial charge is 0.255 e. The highest BCUT2D eigenvalue weighted by Gasteiger charge is 2.57. The van der Waals surface area contributed by atoms with E-state index in [2.05, 4.69) is 0 Å². The van der Waals surface area contributed by atoms with Crippen molar-refractivity contribution in [3.05, 3.63) is 35.4 Å². The summed E-state index contributed by atoms with van der Waals surface area (Å²) in [7, 11) is 0. The molecule has 0 spiro atoms. The Balaban J connectivity index is 2.08. The van der Waals surface area contributed by atoms with Gasteiger partial charge in [0, 0.05) is 6.42 Å². The minimum Gasteiger partial charge on any atom is -0.330 e. The van der Waals surface area contributed by atoms with Gasteiger partial charge in [0.05, 0.1) is 5.92 Å². The second-order valence-electron chi connectivity index (χ2n) is 3.80. The monoisotopic (exact) mass is 197 g/mol. The van der Waals surface area contributed by atoms with Crippen LogP contribution in [-0.4, -0.2) is 12.5 Å². The summed E-state index contributed by atoms with van der Waals surface area (Å²) in [6, 6.07) is 7.35. The van der Waals surface area contributed by atoms with Gasteiger partial charge >= 0.3 is 0 Å². The summed E-state index contributed by atoms with van der Waals surface area (Å²) in [5.41, 5.74) is 7.25. The molecule has 2 N–H and O–H groups in total. The van der Waals surface area contributed by atoms with E-state index in [0.29, 0.717) is 6.54 Å². The Morgan fingerprint density at radius 3 is 2.29 bits per heavy atom. The van der Waals surface area contributed by atoms with Crippen LogP contribution in [0.1, 0.15) is 23.5 Å². The van der Waals surface area contributed by atoms with Crippen LogP contribution in [0.4, 0.5) is 8.78 Å². The molecule has 1 nitrogen and oxygen atoms in total. The predicted molar refractivity (Wildman–Crippen MR) is 51.5 cm³/mol. The predicted octanol–water partition coefficient (Wildman–Crippen LogP) is 2.31. The van der Waals surface area contributed by atoms with E-state index in [0.717, 1.165) is 17.5 Å². The summed E-state index contributed by atoms with van der Waals surface area (Å²) in [5.74, 6) is -3.01. The molecule has 76 valence electrons. The topological polar surface area (TPSA) is 26.0 Å². The van der Waals surface area contributed by atoms with Gasteiger partial charge in [-0.15, -0.1) is 0 Å². The summed E-state index contributed by atoms with van der Waals surface area (Å²) in [6.07, 6.45) is 0.810. The van der Waals surface area contributed by atoms with E-state index in [1.807, 2.05) is 12.1 Å². The summed E-state index contributed by atoms with van der Waals surface area (Å²) in [6.45, 7) is 0.596. The average molecular weight is 197 g/mol. The van der Waals surface area contributed by atoms with Crippen LogP contribution in [-0.2, 0) is 6.42 Å². The van der Waals surface area contributed by atoms with E-state index in [-0.39, 0.29) is 6.42 Å². The fraction of sp³-hybridized carbons (Fsp3) is 0.455. The van der Waals surface area contributed by atoms with Gasteiger partial charge in [-0.1, -0.05) is 24.3 Å². The summed E-state index contributed by atoms with van der Waals surface area (Å²) < 4.78 is 25.4. The van der Waals surface area contributed by atoms with Gasteiger partial charge in [-0.3, -0.25) is 0 Å². The van der Waals surface area contributed by atoms with E-state index < -0.39 is 11.8 Å². The summed E-state index contributed by atoms with van der Waals surface area (Å²) in [4.78, 5) is 0. The van der Waals surface area contributed by atoms with Crippen molar-refractivity contribution in [1.29, 1.82) is 0 Å². The van der Waals surface area contributed by atoms with Crippen LogP contribution < -0.4 is 5.73 Å². The van der Waals surface area contributed by atoms with Crippen LogP contribution in [0, 0.1) is 0 Å². The van der Waals surface area contributed by atoms with Gasteiger partial charge < -0.3 is 5.73 Å². The first-order valence-corrected chi connectivity index (χ1v) is 4.80. The molecule has 1 aromatic rings. The minimum atomic E-state index is -2.46. The minimum absolute atomic E-state index is 0.00321. The van der Waals surface area contributed by atoms with E-state index in [9.17, 15) is 8.78 Å². The largest absolute Gasteiger partial charge is 0.330 e. The maximum atomic E-state index is 12.7. The third-order valence-electron chi connectivity index (χ3n) is 2.64. The zero-order valence-electron chi connectivity index (χ0n) is 7.84. The Labute approximate surface area is 81.9 Å². The molecule has 1 fully saturated rings. The van der Waals surface area contributed by atoms with Gasteiger partial charge in [-0.05, 0) is 24.1 Å². The second kappa shape index (κ2) is 3.31. The highest BCUT2D eigenvalue weighted by Crippen LogP contribution is 2.55. The third kappa shape index (κ3) is 1.77. The number of hydrogen-bond acceptors (Lipinski definition) is 1. The van der Waals surface area contributed by atoms with Crippen LogP contribution in [0.25, 0.3) is 0 Å². The van der Waals surface area contributed by atoms with Gasteiger partial charge in [0.1, 0.15) is 0 Å². The summed E-state index contributed by atoms with van der Waals surface area (Å²) in [5, 5.41) is 0. The number of halogens is 2. The lowest BCUT2D eigenvalue weighted by Gasteiger charge is -2.01. The Morgan fingerprint density at radius 2 is 1.86 bits per heavy atom. The molecule has 2 rings (SSSR count). The molecule has 3 heteroatoms. The lowest BCUT2D eigenvalue weighted by atomic mass is 10.1. The first-order chi connectivity index (χ1) is 6.63. The molecule has 0 aromatic heterocycles. The molecule has 0 heterocycles. The van der Waals surface area contributed by atoms with Gasteiger partial charge in [0.25, 0.3) is 5.92 Å². The molecule has 1 atom stereocenters. The Kier molecular flexibility index (Phi) is 2.27. The molecule has 0 aliphatic heterocycles. The van der Waals surface area contributed by atoms with E-state index >= 15 is 0 Å². The molecule has 1 saturated carbocycles. The first kappa shape index (κ1) is 9.59. The van der Waals surface area contributed by atoms with Gasteiger partial charge in [0.2, 0.25) is 0 Å². The normalized spacial score (nSPS) is 23.5. The number of nitrogens with two attached hydrogens (primary N) is 1. The zero-order chi connectivity index (χ0) is 10.2. The van der Waals surface area contributed by atoms with Crippen molar-refractivity contribution in [3.8, 4) is 0 Å². The lowest BCUT2D eigenvalue weighted by Crippen LogP contribution is -2.02. The molecule has 0 saturated heterocycles. The number of hydrogen-bond donors (Lipinski definition) is 1. The van der Waals surface area contributed by atoms with Crippen molar-refractivity contribution in [2.45, 2.75) is 24.7 Å². The van der Waals surface area contributed by atoms with Crippen molar-refractivity contribution in [1.82, 2.24) is 0 Å². The Morgan fingerprint density at radius 1 is 1.29 bits per heavy atom. The molecule has 1 aliphatic carbocycles. The molecular formula is C11H13F2N. The maximum absolute atomic E-state index is 12.7. The summed E-state index contributed by atoms with van der Waals surface area (Å²) >= 11 is 0. The second-order valence-corrected chi connectivity index (χ2v) is 3.80. The Hall–Kier alpha value is -0.960. The molecule has 1 unspecified atom stereocenters. The molecule has 0 bridgehead atoms. The molecule has 0 amide bonds. The van der Waals surface area contributed by atoms with Gasteiger partial charge in [-0.2, -0.15) is 0 Å². The van der Waals surface area contributed by atoms with Gasteiger partial charge in [-0.25, -0.2) is 8.78 Å². The molecule has 0 radical (unpaired) electrons. The van der Waals surface area contributed by atoms with E-state index in [4.69, 9.17) is 5.73 Å². The number of rotatable bonds is 3. The third-order valence-corrected chi connectivity index (χ3v) is 2.64. The average Bonchev–Trinajstić information content (AvgIpc) is 2.77. The quantitative estimate of drug-likeness (QED) is 0.790. The fourth-order valence-electron chi connectivity index (χ4n) is 1.66. The van der Waals surface area contributed by atoms with Crippen LogP contribution in [0.3, 0.4) is 0 Å². The van der Waals surface area contributed by atoms with Crippen LogP contribution >= 0.6 is 0 Å². The highest BCUT2D eigenvalue weighted by molar-refractivity contribution is 5.31. The van der Waals surface area contributed by atoms with Crippen molar-refractivity contribution in [2.75, 3.05) is 6.54 Å². The van der Waals surface area contributed by atoms with Crippen molar-refractivity contribution in [2.24, 2.45) is 5.73 Å².